The van der Waals surface area contributed by atoms with Crippen LogP contribution in [0.25, 0.3) is 0 Å². The topological polar surface area (TPSA) is 86.8 Å². The standard InChI is InChI=1S/C25H34BrN3O4S/c1-6-7-15-27-25(31)20(4)28(16-21-11-13-22(26)14-12-21)24(30)17-29(34(5,32)33)23-10-8-9-18(2)19(23)3/h8-14,20H,6-7,15-17H2,1-5H3,(H,27,31)/t20-/m1/s1. The summed E-state index contributed by atoms with van der Waals surface area (Å²) in [6.45, 7) is 7.73. The first-order valence-electron chi connectivity index (χ1n) is 11.3. The molecule has 0 spiro atoms. The molecule has 9 heteroatoms. The molecule has 0 heterocycles. The summed E-state index contributed by atoms with van der Waals surface area (Å²) in [6.07, 6.45) is 2.87. The fourth-order valence-electron chi connectivity index (χ4n) is 3.51. The van der Waals surface area contributed by atoms with Crippen LogP contribution in [0.3, 0.4) is 0 Å². The molecule has 7 nitrogen and oxygen atoms in total. The van der Waals surface area contributed by atoms with Crippen molar-refractivity contribution in [1.82, 2.24) is 10.2 Å². The van der Waals surface area contributed by atoms with Crippen molar-refractivity contribution in [3.63, 3.8) is 0 Å². The summed E-state index contributed by atoms with van der Waals surface area (Å²) in [5.74, 6) is -0.719. The van der Waals surface area contributed by atoms with Gasteiger partial charge in [-0.1, -0.05) is 53.5 Å². The first-order chi connectivity index (χ1) is 16.0. The lowest BCUT2D eigenvalue weighted by Gasteiger charge is -2.32. The molecule has 0 aliphatic heterocycles. The number of unbranched alkanes of at least 4 members (excludes halogenated alkanes) is 1. The summed E-state index contributed by atoms with van der Waals surface area (Å²) < 4.78 is 27.4. The molecule has 1 N–H and O–H groups in total. The Hall–Kier alpha value is -2.39. The highest BCUT2D eigenvalue weighted by Gasteiger charge is 2.30. The number of carbonyl (C=O) groups excluding carboxylic acids is 2. The molecule has 0 fully saturated rings. The lowest BCUT2D eigenvalue weighted by molar-refractivity contribution is -0.139. The van der Waals surface area contributed by atoms with Gasteiger partial charge in [0, 0.05) is 17.6 Å². The largest absolute Gasteiger partial charge is 0.354 e. The Kier molecular flexibility index (Phi) is 10.1. The van der Waals surface area contributed by atoms with Gasteiger partial charge in [0.1, 0.15) is 12.6 Å². The Bertz CT molecular complexity index is 1100. The number of hydrogen-bond acceptors (Lipinski definition) is 4. The smallest absolute Gasteiger partial charge is 0.244 e. The van der Waals surface area contributed by atoms with Crippen LogP contribution in [0.1, 0.15) is 43.4 Å². The van der Waals surface area contributed by atoms with Crippen LogP contribution in [-0.4, -0.2) is 50.5 Å². The molecule has 0 unspecified atom stereocenters. The van der Waals surface area contributed by atoms with Gasteiger partial charge >= 0.3 is 0 Å². The number of nitrogens with zero attached hydrogens (tertiary/aromatic N) is 2. The number of hydrogen-bond donors (Lipinski definition) is 1. The molecule has 2 aromatic carbocycles. The second kappa shape index (κ2) is 12.4. The Labute approximate surface area is 211 Å². The van der Waals surface area contributed by atoms with E-state index in [1.807, 2.05) is 51.1 Å². The third kappa shape index (κ3) is 7.56. The quantitative estimate of drug-likeness (QED) is 0.424. The molecule has 0 bridgehead atoms. The van der Waals surface area contributed by atoms with Gasteiger partial charge in [-0.3, -0.25) is 13.9 Å². The van der Waals surface area contributed by atoms with Gasteiger partial charge in [-0.25, -0.2) is 8.42 Å². The Morgan fingerprint density at radius 2 is 1.74 bits per heavy atom. The highest BCUT2D eigenvalue weighted by molar-refractivity contribution is 9.10. The summed E-state index contributed by atoms with van der Waals surface area (Å²) in [4.78, 5) is 27.8. The predicted octanol–water partition coefficient (Wildman–Crippen LogP) is 4.17. The van der Waals surface area contributed by atoms with Crippen LogP contribution in [0.5, 0.6) is 0 Å². The van der Waals surface area contributed by atoms with Crippen LogP contribution in [-0.2, 0) is 26.2 Å². The van der Waals surface area contributed by atoms with Crippen molar-refractivity contribution in [2.24, 2.45) is 0 Å². The third-order valence-corrected chi connectivity index (χ3v) is 7.44. The lowest BCUT2D eigenvalue weighted by atomic mass is 10.1. The molecule has 0 saturated heterocycles. The highest BCUT2D eigenvalue weighted by Crippen LogP contribution is 2.25. The monoisotopic (exact) mass is 551 g/mol. The Morgan fingerprint density at radius 1 is 1.09 bits per heavy atom. The molecule has 1 atom stereocenters. The van der Waals surface area contributed by atoms with Crippen molar-refractivity contribution in [3.05, 3.63) is 63.6 Å². The minimum atomic E-state index is -3.75. The fourth-order valence-corrected chi connectivity index (χ4v) is 4.67. The molecular weight excluding hydrogens is 518 g/mol. The van der Waals surface area contributed by atoms with Crippen LogP contribution in [0.2, 0.25) is 0 Å². The number of nitrogens with one attached hydrogen (secondary N) is 1. The minimum Gasteiger partial charge on any atom is -0.354 e. The zero-order valence-electron chi connectivity index (χ0n) is 20.5. The second-order valence-corrected chi connectivity index (χ2v) is 11.3. The molecule has 0 saturated carbocycles. The van der Waals surface area contributed by atoms with Gasteiger partial charge in [0.05, 0.1) is 11.9 Å². The minimum absolute atomic E-state index is 0.179. The summed E-state index contributed by atoms with van der Waals surface area (Å²) in [5.41, 5.74) is 3.00. The second-order valence-electron chi connectivity index (χ2n) is 8.46. The average molecular weight is 553 g/mol. The normalized spacial score (nSPS) is 12.2. The molecule has 0 radical (unpaired) electrons. The highest BCUT2D eigenvalue weighted by atomic mass is 79.9. The Balaban J connectivity index is 2.38. The van der Waals surface area contributed by atoms with Crippen LogP contribution in [0, 0.1) is 13.8 Å². The number of rotatable bonds is 11. The Morgan fingerprint density at radius 3 is 2.32 bits per heavy atom. The van der Waals surface area contributed by atoms with Crippen molar-refractivity contribution < 1.29 is 18.0 Å². The zero-order chi connectivity index (χ0) is 25.5. The van der Waals surface area contributed by atoms with Gasteiger partial charge in [0.25, 0.3) is 0 Å². The van der Waals surface area contributed by atoms with E-state index in [1.165, 1.54) is 4.90 Å². The molecular formula is C25H34BrN3O4S. The predicted molar refractivity (Wildman–Crippen MR) is 140 cm³/mol. The lowest BCUT2D eigenvalue weighted by Crippen LogP contribution is -2.51. The van der Waals surface area contributed by atoms with Gasteiger partial charge in [-0.2, -0.15) is 0 Å². The van der Waals surface area contributed by atoms with E-state index in [2.05, 4.69) is 21.2 Å². The summed E-state index contributed by atoms with van der Waals surface area (Å²) >= 11 is 3.40. The molecule has 186 valence electrons. The number of sulfonamides is 1. The fraction of sp³-hybridized carbons (Fsp3) is 0.440. The molecule has 34 heavy (non-hydrogen) atoms. The molecule has 0 aliphatic carbocycles. The third-order valence-electron chi connectivity index (χ3n) is 5.79. The number of aryl methyl sites for hydroxylation is 1. The van der Waals surface area contributed by atoms with Crippen LogP contribution in [0.15, 0.2) is 46.9 Å². The van der Waals surface area contributed by atoms with Crippen LogP contribution < -0.4 is 9.62 Å². The maximum Gasteiger partial charge on any atom is 0.244 e. The maximum atomic E-state index is 13.5. The summed E-state index contributed by atoms with van der Waals surface area (Å²) in [7, 11) is -3.75. The van der Waals surface area contributed by atoms with Gasteiger partial charge in [0.2, 0.25) is 21.8 Å². The zero-order valence-corrected chi connectivity index (χ0v) is 22.9. The van der Waals surface area contributed by atoms with Crippen molar-refractivity contribution in [3.8, 4) is 0 Å². The number of anilines is 1. The van der Waals surface area contributed by atoms with Gasteiger partial charge in [-0.05, 0) is 62.1 Å². The number of halogens is 1. The first-order valence-corrected chi connectivity index (χ1v) is 13.9. The summed E-state index contributed by atoms with van der Waals surface area (Å²) in [6, 6.07) is 12.0. The molecule has 2 aromatic rings. The molecule has 0 aliphatic rings. The van der Waals surface area contributed by atoms with Crippen LogP contribution >= 0.6 is 15.9 Å². The van der Waals surface area contributed by atoms with E-state index in [9.17, 15) is 18.0 Å². The SMILES string of the molecule is CCCCNC(=O)[C@@H](C)N(Cc1ccc(Br)cc1)C(=O)CN(c1cccc(C)c1C)S(C)(=O)=O. The van der Waals surface area contributed by atoms with Crippen LogP contribution in [0.4, 0.5) is 5.69 Å². The molecule has 2 rings (SSSR count). The van der Waals surface area contributed by atoms with Gasteiger partial charge in [0.15, 0.2) is 0 Å². The van der Waals surface area contributed by atoms with E-state index in [0.717, 1.165) is 44.6 Å². The van der Waals surface area contributed by atoms with Crippen molar-refractivity contribution in [2.75, 3.05) is 23.7 Å². The molecule has 0 aromatic heterocycles. The van der Waals surface area contributed by atoms with E-state index in [4.69, 9.17) is 0 Å². The number of amides is 2. The first kappa shape index (κ1) is 27.9. The van der Waals surface area contributed by atoms with E-state index in [0.29, 0.717) is 12.2 Å². The van der Waals surface area contributed by atoms with Crippen molar-refractivity contribution in [1.29, 1.82) is 0 Å². The van der Waals surface area contributed by atoms with E-state index < -0.39 is 28.5 Å². The maximum absolute atomic E-state index is 13.5. The van der Waals surface area contributed by atoms with E-state index in [-0.39, 0.29) is 12.5 Å². The van der Waals surface area contributed by atoms with Gasteiger partial charge < -0.3 is 10.2 Å². The number of carbonyl (C=O) groups is 2. The summed E-state index contributed by atoms with van der Waals surface area (Å²) in [5, 5.41) is 2.87. The van der Waals surface area contributed by atoms with Crippen molar-refractivity contribution in [2.45, 2.75) is 53.1 Å². The number of benzene rings is 2. The van der Waals surface area contributed by atoms with Crippen molar-refractivity contribution >= 4 is 43.5 Å². The van der Waals surface area contributed by atoms with Gasteiger partial charge in [-0.15, -0.1) is 0 Å². The van der Waals surface area contributed by atoms with E-state index >= 15 is 0 Å². The van der Waals surface area contributed by atoms with E-state index in [1.54, 1.807) is 19.1 Å². The molecule has 2 amide bonds. The average Bonchev–Trinajstić information content (AvgIpc) is 2.78.